The van der Waals surface area contributed by atoms with Gasteiger partial charge in [0.05, 0.1) is 6.67 Å². The van der Waals surface area contributed by atoms with Gasteiger partial charge in [0.15, 0.2) is 0 Å². The van der Waals surface area contributed by atoms with Crippen molar-refractivity contribution >= 4 is 5.91 Å². The van der Waals surface area contributed by atoms with Crippen molar-refractivity contribution in [3.8, 4) is 0 Å². The number of hydrogen-bond acceptors (Lipinski definition) is 4. The molecule has 1 rings (SSSR count). The van der Waals surface area contributed by atoms with Crippen molar-refractivity contribution in [3.05, 3.63) is 0 Å². The molecule has 1 heterocycles. The van der Waals surface area contributed by atoms with Crippen molar-refractivity contribution < 1.29 is 4.79 Å². The highest BCUT2D eigenvalue weighted by atomic mass is 16.2. The highest BCUT2D eigenvalue weighted by Crippen LogP contribution is 1.72. The topological polar surface area (TPSA) is 79.2 Å². The van der Waals surface area contributed by atoms with Gasteiger partial charge in [0, 0.05) is 0 Å². The maximum Gasteiger partial charge on any atom is 0.265 e. The number of carbonyl (C=O) groups is 1. The van der Waals surface area contributed by atoms with Crippen LogP contribution in [-0.2, 0) is 4.79 Å². The minimum atomic E-state index is -0.559. The van der Waals surface area contributed by atoms with Crippen LogP contribution < -0.4 is 21.9 Å². The Bertz CT molecular complexity index is 103. The first-order valence-corrected chi connectivity index (χ1v) is 2.32. The number of nitrogens with one attached hydrogen (secondary N) is 3. The number of hydrogen-bond donors (Lipinski definition) is 4. The second kappa shape index (κ2) is 2.08. The van der Waals surface area contributed by atoms with Crippen LogP contribution in [0.3, 0.4) is 0 Å². The maximum absolute atomic E-state index is 10.4. The van der Waals surface area contributed by atoms with Gasteiger partial charge in [-0.1, -0.05) is 0 Å². The molecule has 1 fully saturated rings. The standard InChI is InChI=1S/C3H8N4O/c4-2-3(8)7-6-1-5-2/h2,5-6H,1,4H2,(H,7,8). The zero-order valence-electron chi connectivity index (χ0n) is 4.27. The Morgan fingerprint density at radius 3 is 2.88 bits per heavy atom. The largest absolute Gasteiger partial charge is 0.308 e. The van der Waals surface area contributed by atoms with Gasteiger partial charge in [-0.05, 0) is 0 Å². The van der Waals surface area contributed by atoms with Gasteiger partial charge in [-0.3, -0.25) is 15.5 Å². The fraction of sp³-hybridized carbons (Fsp3) is 0.667. The van der Waals surface area contributed by atoms with Crippen LogP contribution in [0.2, 0.25) is 0 Å². The summed E-state index contributed by atoms with van der Waals surface area (Å²) in [5.74, 6) is -0.226. The van der Waals surface area contributed by atoms with Crippen molar-refractivity contribution in [2.24, 2.45) is 5.73 Å². The second-order valence-corrected chi connectivity index (χ2v) is 1.52. The van der Waals surface area contributed by atoms with Gasteiger partial charge in [0.1, 0.15) is 6.17 Å². The van der Waals surface area contributed by atoms with Crippen molar-refractivity contribution in [2.75, 3.05) is 6.67 Å². The lowest BCUT2D eigenvalue weighted by Crippen LogP contribution is -2.62. The highest BCUT2D eigenvalue weighted by Gasteiger charge is 2.14. The van der Waals surface area contributed by atoms with E-state index in [1.54, 1.807) is 0 Å². The first-order valence-electron chi connectivity index (χ1n) is 2.32. The summed E-state index contributed by atoms with van der Waals surface area (Å²) in [6, 6.07) is 0. The molecule has 1 aliphatic rings. The normalized spacial score (nSPS) is 29.6. The maximum atomic E-state index is 10.4. The van der Waals surface area contributed by atoms with Crippen molar-refractivity contribution in [1.82, 2.24) is 16.2 Å². The summed E-state index contributed by atoms with van der Waals surface area (Å²) in [4.78, 5) is 10.4. The Hall–Kier alpha value is -0.650. The molecule has 1 atom stereocenters. The number of carbonyl (C=O) groups excluding carboxylic acids is 1. The SMILES string of the molecule is NC1NCNNC1=O. The van der Waals surface area contributed by atoms with Crippen LogP contribution in [0.1, 0.15) is 0 Å². The van der Waals surface area contributed by atoms with E-state index in [1.165, 1.54) is 0 Å². The smallest absolute Gasteiger partial charge is 0.265 e. The van der Waals surface area contributed by atoms with E-state index in [9.17, 15) is 4.79 Å². The average Bonchev–Trinajstić information content (AvgIpc) is 1.77. The second-order valence-electron chi connectivity index (χ2n) is 1.52. The fourth-order valence-electron chi connectivity index (χ4n) is 0.463. The Kier molecular flexibility index (Phi) is 1.43. The van der Waals surface area contributed by atoms with E-state index in [4.69, 9.17) is 5.73 Å². The van der Waals surface area contributed by atoms with Crippen LogP contribution in [0.25, 0.3) is 0 Å². The van der Waals surface area contributed by atoms with Crippen LogP contribution >= 0.6 is 0 Å². The fourth-order valence-corrected chi connectivity index (χ4v) is 0.463. The predicted octanol–water partition coefficient (Wildman–Crippen LogP) is -2.55. The molecule has 0 aromatic carbocycles. The molecule has 1 unspecified atom stereocenters. The molecule has 1 aliphatic heterocycles. The molecule has 0 aromatic rings. The van der Waals surface area contributed by atoms with E-state index < -0.39 is 6.17 Å². The van der Waals surface area contributed by atoms with E-state index in [1.807, 2.05) is 0 Å². The molecular weight excluding hydrogens is 108 g/mol. The van der Waals surface area contributed by atoms with E-state index in [2.05, 4.69) is 16.2 Å². The van der Waals surface area contributed by atoms with Crippen LogP contribution in [-0.4, -0.2) is 18.7 Å². The molecule has 5 N–H and O–H groups in total. The number of amides is 1. The molecule has 8 heavy (non-hydrogen) atoms. The van der Waals surface area contributed by atoms with Crippen molar-refractivity contribution in [1.29, 1.82) is 0 Å². The minimum Gasteiger partial charge on any atom is -0.308 e. The van der Waals surface area contributed by atoms with E-state index in [0.717, 1.165) is 0 Å². The van der Waals surface area contributed by atoms with E-state index in [0.29, 0.717) is 6.67 Å². The molecule has 0 aliphatic carbocycles. The van der Waals surface area contributed by atoms with Gasteiger partial charge < -0.3 is 5.73 Å². The zero-order valence-corrected chi connectivity index (χ0v) is 4.27. The molecule has 1 saturated heterocycles. The highest BCUT2D eigenvalue weighted by molar-refractivity contribution is 5.81. The third kappa shape index (κ3) is 0.945. The molecular formula is C3H8N4O. The summed E-state index contributed by atoms with van der Waals surface area (Å²) in [5.41, 5.74) is 10.1. The average molecular weight is 116 g/mol. The Morgan fingerprint density at radius 2 is 2.50 bits per heavy atom. The van der Waals surface area contributed by atoms with Crippen LogP contribution in [0.15, 0.2) is 0 Å². The lowest BCUT2D eigenvalue weighted by Gasteiger charge is -2.19. The quantitative estimate of drug-likeness (QED) is 0.281. The Labute approximate surface area is 46.6 Å². The molecule has 5 nitrogen and oxygen atoms in total. The summed E-state index contributed by atoms with van der Waals surface area (Å²) in [6.45, 7) is 0.521. The summed E-state index contributed by atoms with van der Waals surface area (Å²) >= 11 is 0. The zero-order chi connectivity index (χ0) is 5.98. The van der Waals surface area contributed by atoms with Gasteiger partial charge >= 0.3 is 0 Å². The van der Waals surface area contributed by atoms with Crippen molar-refractivity contribution in [3.63, 3.8) is 0 Å². The molecule has 1 amide bonds. The minimum absolute atomic E-state index is 0.226. The molecule has 46 valence electrons. The Morgan fingerprint density at radius 1 is 1.75 bits per heavy atom. The van der Waals surface area contributed by atoms with E-state index in [-0.39, 0.29) is 5.91 Å². The first-order chi connectivity index (χ1) is 3.80. The number of hydrazine groups is 1. The van der Waals surface area contributed by atoms with Crippen LogP contribution in [0.4, 0.5) is 0 Å². The van der Waals surface area contributed by atoms with Gasteiger partial charge in [-0.25, -0.2) is 5.43 Å². The molecule has 5 heteroatoms. The summed E-state index contributed by atoms with van der Waals surface area (Å²) in [7, 11) is 0. The van der Waals surface area contributed by atoms with Crippen molar-refractivity contribution in [2.45, 2.75) is 6.17 Å². The van der Waals surface area contributed by atoms with Gasteiger partial charge in [-0.2, -0.15) is 0 Å². The van der Waals surface area contributed by atoms with E-state index >= 15 is 0 Å². The van der Waals surface area contributed by atoms with Crippen LogP contribution in [0.5, 0.6) is 0 Å². The molecule has 0 spiro atoms. The Balaban J connectivity index is 2.39. The number of nitrogens with two attached hydrogens (primary N) is 1. The van der Waals surface area contributed by atoms with Gasteiger partial charge in [-0.15, -0.1) is 0 Å². The van der Waals surface area contributed by atoms with Gasteiger partial charge in [0.2, 0.25) is 0 Å². The van der Waals surface area contributed by atoms with Crippen LogP contribution in [0, 0.1) is 0 Å². The molecule has 0 bridgehead atoms. The summed E-state index contributed by atoms with van der Waals surface area (Å²) < 4.78 is 0. The summed E-state index contributed by atoms with van der Waals surface area (Å²) in [6.07, 6.45) is -0.559. The molecule has 0 saturated carbocycles. The molecule has 0 radical (unpaired) electrons. The number of rotatable bonds is 0. The molecule has 0 aromatic heterocycles. The third-order valence-corrected chi connectivity index (χ3v) is 0.904. The first kappa shape index (κ1) is 5.49. The lowest BCUT2D eigenvalue weighted by atomic mass is 10.5. The predicted molar refractivity (Wildman–Crippen MR) is 27.3 cm³/mol. The van der Waals surface area contributed by atoms with Gasteiger partial charge in [0.25, 0.3) is 5.91 Å². The lowest BCUT2D eigenvalue weighted by molar-refractivity contribution is -0.125. The summed E-state index contributed by atoms with van der Waals surface area (Å²) in [5, 5.41) is 2.69. The third-order valence-electron chi connectivity index (χ3n) is 0.904. The monoisotopic (exact) mass is 116 g/mol.